The summed E-state index contributed by atoms with van der Waals surface area (Å²) in [5.74, 6) is 0.147. The van der Waals surface area contributed by atoms with Gasteiger partial charge in [0.15, 0.2) is 11.5 Å². The molecule has 0 atom stereocenters. The van der Waals surface area contributed by atoms with Crippen molar-refractivity contribution in [1.82, 2.24) is 19.9 Å². The predicted molar refractivity (Wildman–Crippen MR) is 102 cm³/mol. The molecule has 0 saturated heterocycles. The highest BCUT2D eigenvalue weighted by Crippen LogP contribution is 2.16. The molecular weight excluding hydrogens is 358 g/mol. The normalized spacial score (nSPS) is 10.8. The van der Waals surface area contributed by atoms with Gasteiger partial charge in [0.2, 0.25) is 5.82 Å². The van der Waals surface area contributed by atoms with E-state index in [1.807, 2.05) is 30.3 Å². The van der Waals surface area contributed by atoms with E-state index < -0.39 is 5.91 Å². The smallest absolute Gasteiger partial charge is 0.287 e. The molecular formula is C20H17N5O3. The second-order valence-corrected chi connectivity index (χ2v) is 6.19. The number of carbonyl (C=O) groups excluding carboxylic acids is 2. The van der Waals surface area contributed by atoms with Crippen LogP contribution in [0.1, 0.15) is 32.4 Å². The highest BCUT2D eigenvalue weighted by atomic mass is 16.5. The maximum atomic E-state index is 12.7. The lowest BCUT2D eigenvalue weighted by atomic mass is 10.2. The number of imidazole rings is 1. The molecule has 0 saturated carbocycles. The van der Waals surface area contributed by atoms with E-state index in [1.54, 1.807) is 41.8 Å². The van der Waals surface area contributed by atoms with Gasteiger partial charge in [-0.25, -0.2) is 4.98 Å². The van der Waals surface area contributed by atoms with Gasteiger partial charge in [0.05, 0.1) is 5.52 Å². The van der Waals surface area contributed by atoms with Gasteiger partial charge in [-0.05, 0) is 24.6 Å². The van der Waals surface area contributed by atoms with Crippen molar-refractivity contribution in [2.24, 2.45) is 0 Å². The highest BCUT2D eigenvalue weighted by Gasteiger charge is 2.22. The van der Waals surface area contributed by atoms with E-state index in [9.17, 15) is 9.59 Å². The Morgan fingerprint density at radius 2 is 1.86 bits per heavy atom. The first-order chi connectivity index (χ1) is 13.6. The number of nitrogens with zero attached hydrogens (tertiary/aromatic N) is 3. The first kappa shape index (κ1) is 17.5. The number of hydrogen-bond acceptors (Lipinski definition) is 5. The van der Waals surface area contributed by atoms with Crippen molar-refractivity contribution in [3.05, 3.63) is 83.6 Å². The summed E-state index contributed by atoms with van der Waals surface area (Å²) in [7, 11) is 0. The number of hydrogen-bond donors (Lipinski definition) is 2. The van der Waals surface area contributed by atoms with E-state index in [-0.39, 0.29) is 23.2 Å². The van der Waals surface area contributed by atoms with Crippen LogP contribution in [0.4, 0.5) is 5.82 Å². The Balaban J connectivity index is 1.60. The zero-order valence-electron chi connectivity index (χ0n) is 15.0. The number of amides is 2. The molecule has 0 aliphatic carbocycles. The van der Waals surface area contributed by atoms with Gasteiger partial charge in [0.25, 0.3) is 11.8 Å². The third-order valence-corrected chi connectivity index (χ3v) is 4.13. The maximum absolute atomic E-state index is 12.7. The van der Waals surface area contributed by atoms with Crippen LogP contribution in [0.3, 0.4) is 0 Å². The van der Waals surface area contributed by atoms with Crippen LogP contribution in [0.15, 0.2) is 65.3 Å². The lowest BCUT2D eigenvalue weighted by Gasteiger charge is -2.04. The van der Waals surface area contributed by atoms with Crippen LogP contribution in [0, 0.1) is 6.92 Å². The number of carbonyl (C=O) groups is 2. The molecule has 0 aliphatic heterocycles. The highest BCUT2D eigenvalue weighted by molar-refractivity contribution is 6.08. The summed E-state index contributed by atoms with van der Waals surface area (Å²) in [5, 5.41) is 9.21. The molecule has 3 aromatic heterocycles. The van der Waals surface area contributed by atoms with Crippen LogP contribution in [-0.4, -0.2) is 26.4 Å². The number of fused-ring (bicyclic) bond motifs is 1. The average molecular weight is 375 g/mol. The Labute approximate surface area is 160 Å². The molecule has 0 bridgehead atoms. The van der Waals surface area contributed by atoms with E-state index in [0.29, 0.717) is 17.8 Å². The van der Waals surface area contributed by atoms with E-state index in [2.05, 4.69) is 20.8 Å². The number of nitrogens with one attached hydrogen (secondary N) is 2. The molecule has 0 spiro atoms. The summed E-state index contributed by atoms with van der Waals surface area (Å²) < 4.78 is 6.54. The molecule has 0 fully saturated rings. The lowest BCUT2D eigenvalue weighted by molar-refractivity contribution is 0.0940. The first-order valence-corrected chi connectivity index (χ1v) is 8.65. The Morgan fingerprint density at radius 3 is 2.61 bits per heavy atom. The van der Waals surface area contributed by atoms with Crippen molar-refractivity contribution in [2.75, 3.05) is 5.32 Å². The number of rotatable bonds is 5. The zero-order valence-corrected chi connectivity index (χ0v) is 15.0. The number of aryl methyl sites for hydroxylation is 1. The minimum absolute atomic E-state index is 0.131. The molecule has 8 heteroatoms. The molecule has 8 nitrogen and oxygen atoms in total. The van der Waals surface area contributed by atoms with Gasteiger partial charge in [0.1, 0.15) is 5.76 Å². The molecule has 28 heavy (non-hydrogen) atoms. The topological polar surface area (TPSA) is 102 Å². The van der Waals surface area contributed by atoms with Crippen LogP contribution in [0.25, 0.3) is 5.52 Å². The van der Waals surface area contributed by atoms with Gasteiger partial charge in [-0.1, -0.05) is 41.6 Å². The van der Waals surface area contributed by atoms with Crippen LogP contribution in [0.2, 0.25) is 0 Å². The Morgan fingerprint density at radius 1 is 1.07 bits per heavy atom. The van der Waals surface area contributed by atoms with Crippen LogP contribution >= 0.6 is 0 Å². The first-order valence-electron chi connectivity index (χ1n) is 8.65. The largest absolute Gasteiger partial charge is 0.360 e. The van der Waals surface area contributed by atoms with Crippen LogP contribution < -0.4 is 10.6 Å². The van der Waals surface area contributed by atoms with Gasteiger partial charge >= 0.3 is 0 Å². The van der Waals surface area contributed by atoms with Crippen molar-refractivity contribution in [2.45, 2.75) is 13.5 Å². The molecule has 0 aliphatic rings. The number of anilines is 1. The van der Waals surface area contributed by atoms with Crippen molar-refractivity contribution >= 4 is 23.1 Å². The lowest BCUT2D eigenvalue weighted by Crippen LogP contribution is -2.25. The van der Waals surface area contributed by atoms with Crippen molar-refractivity contribution in [1.29, 1.82) is 0 Å². The summed E-state index contributed by atoms with van der Waals surface area (Å²) in [6.07, 6.45) is 1.69. The summed E-state index contributed by atoms with van der Waals surface area (Å²) in [4.78, 5) is 29.6. The second kappa shape index (κ2) is 7.36. The minimum atomic E-state index is -0.473. The van der Waals surface area contributed by atoms with Crippen molar-refractivity contribution in [3.63, 3.8) is 0 Å². The summed E-state index contributed by atoms with van der Waals surface area (Å²) in [6, 6.07) is 16.4. The molecule has 140 valence electrons. The fourth-order valence-electron chi connectivity index (χ4n) is 2.82. The third-order valence-electron chi connectivity index (χ3n) is 4.13. The molecule has 2 amide bonds. The monoisotopic (exact) mass is 375 g/mol. The molecule has 4 rings (SSSR count). The van der Waals surface area contributed by atoms with E-state index in [0.717, 1.165) is 5.56 Å². The Kier molecular flexibility index (Phi) is 4.59. The second-order valence-electron chi connectivity index (χ2n) is 6.19. The van der Waals surface area contributed by atoms with E-state index in [1.165, 1.54) is 0 Å². The van der Waals surface area contributed by atoms with Crippen LogP contribution in [0.5, 0.6) is 0 Å². The molecule has 0 radical (unpaired) electrons. The Hall–Kier alpha value is -3.94. The quantitative estimate of drug-likeness (QED) is 0.558. The fraction of sp³-hybridized carbons (Fsp3) is 0.100. The Bertz CT molecular complexity index is 1150. The minimum Gasteiger partial charge on any atom is -0.360 e. The molecule has 0 unspecified atom stereocenters. The predicted octanol–water partition coefficient (Wildman–Crippen LogP) is 2.81. The van der Waals surface area contributed by atoms with E-state index in [4.69, 9.17) is 4.52 Å². The summed E-state index contributed by atoms with van der Waals surface area (Å²) >= 11 is 0. The van der Waals surface area contributed by atoms with E-state index >= 15 is 0 Å². The van der Waals surface area contributed by atoms with Crippen molar-refractivity contribution in [3.8, 4) is 0 Å². The van der Waals surface area contributed by atoms with Gasteiger partial charge in [-0.3, -0.25) is 14.0 Å². The van der Waals surface area contributed by atoms with Gasteiger partial charge in [-0.2, -0.15) is 0 Å². The van der Waals surface area contributed by atoms with Gasteiger partial charge in [-0.15, -0.1) is 0 Å². The summed E-state index contributed by atoms with van der Waals surface area (Å²) in [5.41, 5.74) is 1.62. The summed E-state index contributed by atoms with van der Waals surface area (Å²) in [6.45, 7) is 2.09. The number of pyridine rings is 1. The van der Waals surface area contributed by atoms with Crippen molar-refractivity contribution < 1.29 is 14.1 Å². The maximum Gasteiger partial charge on any atom is 0.287 e. The molecule has 1 aromatic carbocycles. The molecule has 2 N–H and O–H groups in total. The SMILES string of the molecule is Cc1cc(NC(=O)c2nc(C(=O)NCc3ccccc3)n3ccccc23)no1. The third kappa shape index (κ3) is 3.48. The zero-order chi connectivity index (χ0) is 19.5. The molecule has 4 aromatic rings. The fourth-order valence-corrected chi connectivity index (χ4v) is 2.82. The number of aromatic nitrogens is 3. The molecule has 3 heterocycles. The number of benzene rings is 1. The standard InChI is InChI=1S/C20H17N5O3/c1-13-11-16(24-28-13)22-19(26)17-15-9-5-6-10-25(15)18(23-17)20(27)21-12-14-7-3-2-4-8-14/h2-11H,12H2,1H3,(H,21,27)(H,22,24,26). The van der Waals surface area contributed by atoms with Crippen LogP contribution in [-0.2, 0) is 6.54 Å². The van der Waals surface area contributed by atoms with Gasteiger partial charge in [0, 0.05) is 18.8 Å². The van der Waals surface area contributed by atoms with Gasteiger partial charge < -0.3 is 15.2 Å². The average Bonchev–Trinajstić information content (AvgIpc) is 3.30.